The van der Waals surface area contributed by atoms with Crippen LogP contribution in [0.25, 0.3) is 10.6 Å². The number of methoxy groups -OCH3 is 1. The first-order valence-corrected chi connectivity index (χ1v) is 6.29. The molecule has 5 heteroatoms. The molecule has 1 aromatic heterocycles. The molecule has 0 atom stereocenters. The number of halogens is 1. The van der Waals surface area contributed by atoms with E-state index in [2.05, 4.69) is 4.98 Å². The third-order valence-electron chi connectivity index (χ3n) is 2.51. The Bertz CT molecular complexity index is 546. The Kier molecular flexibility index (Phi) is 3.26. The first kappa shape index (κ1) is 12.2. The predicted molar refractivity (Wildman–Crippen MR) is 73.0 cm³/mol. The normalized spacial score (nSPS) is 10.6. The number of hydrogen-bond donors (Lipinski definition) is 1. The molecule has 0 radical (unpaired) electrons. The molecule has 1 aromatic carbocycles. The number of benzene rings is 1. The summed E-state index contributed by atoms with van der Waals surface area (Å²) < 4.78 is 5.40. The zero-order chi connectivity index (χ0) is 12.6. The molecule has 2 rings (SSSR count). The second-order valence-corrected chi connectivity index (χ2v) is 5.24. The number of anilines is 1. The number of hydrogen-bond acceptors (Lipinski definition) is 4. The lowest BCUT2D eigenvalue weighted by Crippen LogP contribution is -1.91. The maximum Gasteiger partial charge on any atom is 0.132 e. The summed E-state index contributed by atoms with van der Waals surface area (Å²) in [7, 11) is 1.64. The van der Waals surface area contributed by atoms with Crippen LogP contribution in [-0.4, -0.2) is 12.1 Å². The SMILES string of the molecule is COc1c(C)cc(Cl)cc1-c1nc(C)c(N)s1. The van der Waals surface area contributed by atoms with Crippen molar-refractivity contribution in [1.29, 1.82) is 0 Å². The highest BCUT2D eigenvalue weighted by molar-refractivity contribution is 7.19. The molecule has 0 aliphatic carbocycles. The van der Waals surface area contributed by atoms with Gasteiger partial charge in [0.15, 0.2) is 0 Å². The lowest BCUT2D eigenvalue weighted by molar-refractivity contribution is 0.413. The summed E-state index contributed by atoms with van der Waals surface area (Å²) in [5.41, 5.74) is 8.54. The Morgan fingerprint density at radius 2 is 2.06 bits per heavy atom. The average molecular weight is 269 g/mol. The maximum atomic E-state index is 6.07. The second-order valence-electron chi connectivity index (χ2n) is 3.77. The van der Waals surface area contributed by atoms with Crippen LogP contribution in [0.3, 0.4) is 0 Å². The monoisotopic (exact) mass is 268 g/mol. The molecule has 0 bridgehead atoms. The van der Waals surface area contributed by atoms with E-state index in [9.17, 15) is 0 Å². The van der Waals surface area contributed by atoms with Crippen LogP contribution in [0.15, 0.2) is 12.1 Å². The fourth-order valence-corrected chi connectivity index (χ4v) is 2.80. The van der Waals surface area contributed by atoms with Crippen molar-refractivity contribution in [1.82, 2.24) is 4.98 Å². The van der Waals surface area contributed by atoms with E-state index in [-0.39, 0.29) is 0 Å². The Morgan fingerprint density at radius 1 is 1.35 bits per heavy atom. The first-order chi connectivity index (χ1) is 8.02. The van der Waals surface area contributed by atoms with Gasteiger partial charge >= 0.3 is 0 Å². The zero-order valence-corrected chi connectivity index (χ0v) is 11.4. The van der Waals surface area contributed by atoms with Crippen LogP contribution >= 0.6 is 22.9 Å². The van der Waals surface area contributed by atoms with Crippen LogP contribution in [0, 0.1) is 13.8 Å². The predicted octanol–water partition coefficient (Wildman–Crippen LogP) is 3.67. The van der Waals surface area contributed by atoms with Gasteiger partial charge in [0.2, 0.25) is 0 Å². The van der Waals surface area contributed by atoms with Gasteiger partial charge in [-0.05, 0) is 31.5 Å². The average Bonchev–Trinajstić information content (AvgIpc) is 2.58. The molecular weight excluding hydrogens is 256 g/mol. The van der Waals surface area contributed by atoms with Crippen molar-refractivity contribution in [3.05, 3.63) is 28.4 Å². The van der Waals surface area contributed by atoms with E-state index in [0.717, 1.165) is 32.6 Å². The van der Waals surface area contributed by atoms with Gasteiger partial charge in [0.25, 0.3) is 0 Å². The van der Waals surface area contributed by atoms with Crippen molar-refractivity contribution in [3.8, 4) is 16.3 Å². The molecular formula is C12H13ClN2OS. The molecule has 3 nitrogen and oxygen atoms in total. The van der Waals surface area contributed by atoms with E-state index in [1.807, 2.05) is 26.0 Å². The van der Waals surface area contributed by atoms with Crippen LogP contribution < -0.4 is 10.5 Å². The summed E-state index contributed by atoms with van der Waals surface area (Å²) in [6.45, 7) is 3.84. The smallest absolute Gasteiger partial charge is 0.132 e. The van der Waals surface area contributed by atoms with Crippen molar-refractivity contribution in [2.45, 2.75) is 13.8 Å². The third-order valence-corrected chi connectivity index (χ3v) is 3.74. The lowest BCUT2D eigenvalue weighted by Gasteiger charge is -2.09. The van der Waals surface area contributed by atoms with Crippen molar-refractivity contribution in [2.24, 2.45) is 0 Å². The van der Waals surface area contributed by atoms with Crippen molar-refractivity contribution in [3.63, 3.8) is 0 Å². The number of nitrogens with two attached hydrogens (primary N) is 1. The summed E-state index contributed by atoms with van der Waals surface area (Å²) >= 11 is 7.51. The Morgan fingerprint density at radius 3 is 2.59 bits per heavy atom. The minimum Gasteiger partial charge on any atom is -0.496 e. The fourth-order valence-electron chi connectivity index (χ4n) is 1.68. The van der Waals surface area contributed by atoms with Gasteiger partial charge in [0.05, 0.1) is 18.4 Å². The molecule has 0 aliphatic heterocycles. The van der Waals surface area contributed by atoms with E-state index >= 15 is 0 Å². The van der Waals surface area contributed by atoms with E-state index in [4.69, 9.17) is 22.1 Å². The lowest BCUT2D eigenvalue weighted by atomic mass is 10.1. The van der Waals surface area contributed by atoms with Crippen LogP contribution in [0.1, 0.15) is 11.3 Å². The van der Waals surface area contributed by atoms with E-state index < -0.39 is 0 Å². The molecule has 0 aliphatic rings. The maximum absolute atomic E-state index is 6.07. The van der Waals surface area contributed by atoms with Crippen LogP contribution in [0.5, 0.6) is 5.75 Å². The standard InChI is InChI=1S/C12H13ClN2OS/c1-6-4-8(13)5-9(10(6)16-3)12-15-7(2)11(14)17-12/h4-5H,14H2,1-3H3. The van der Waals surface area contributed by atoms with Gasteiger partial charge in [-0.1, -0.05) is 22.9 Å². The first-order valence-electron chi connectivity index (χ1n) is 5.10. The highest BCUT2D eigenvalue weighted by Gasteiger charge is 2.14. The molecule has 17 heavy (non-hydrogen) atoms. The van der Waals surface area contributed by atoms with E-state index in [1.54, 1.807) is 7.11 Å². The number of aromatic nitrogens is 1. The minimum absolute atomic E-state index is 0.671. The molecule has 0 spiro atoms. The van der Waals surface area contributed by atoms with Gasteiger partial charge in [0.1, 0.15) is 15.8 Å². The third kappa shape index (κ3) is 2.23. The number of aryl methyl sites for hydroxylation is 2. The molecule has 2 N–H and O–H groups in total. The van der Waals surface area contributed by atoms with Gasteiger partial charge in [-0.25, -0.2) is 4.98 Å². The zero-order valence-electron chi connectivity index (χ0n) is 9.87. The minimum atomic E-state index is 0.671. The summed E-state index contributed by atoms with van der Waals surface area (Å²) in [5.74, 6) is 0.795. The summed E-state index contributed by atoms with van der Waals surface area (Å²) in [5, 5.41) is 2.23. The topological polar surface area (TPSA) is 48.1 Å². The molecule has 0 fully saturated rings. The Labute approximate surface area is 109 Å². The van der Waals surface area contributed by atoms with Crippen molar-refractivity contribution < 1.29 is 4.74 Å². The number of ether oxygens (including phenoxy) is 1. The number of thiazole rings is 1. The van der Waals surface area contributed by atoms with Crippen LogP contribution in [0.4, 0.5) is 5.00 Å². The summed E-state index contributed by atoms with van der Waals surface area (Å²) in [4.78, 5) is 4.43. The van der Waals surface area contributed by atoms with Crippen LogP contribution in [-0.2, 0) is 0 Å². The number of rotatable bonds is 2. The van der Waals surface area contributed by atoms with Gasteiger partial charge in [-0.15, -0.1) is 0 Å². The van der Waals surface area contributed by atoms with Gasteiger partial charge < -0.3 is 10.5 Å². The highest BCUT2D eigenvalue weighted by Crippen LogP contribution is 2.39. The molecule has 1 heterocycles. The Balaban J connectivity index is 2.65. The van der Waals surface area contributed by atoms with Gasteiger partial charge in [0, 0.05) is 5.02 Å². The highest BCUT2D eigenvalue weighted by atomic mass is 35.5. The quantitative estimate of drug-likeness (QED) is 0.904. The summed E-state index contributed by atoms with van der Waals surface area (Å²) in [6.07, 6.45) is 0. The summed E-state index contributed by atoms with van der Waals surface area (Å²) in [6, 6.07) is 3.72. The molecule has 0 saturated carbocycles. The van der Waals surface area contributed by atoms with Gasteiger partial charge in [-0.3, -0.25) is 0 Å². The largest absolute Gasteiger partial charge is 0.496 e. The van der Waals surface area contributed by atoms with E-state index in [1.165, 1.54) is 11.3 Å². The molecule has 0 saturated heterocycles. The molecule has 2 aromatic rings. The van der Waals surface area contributed by atoms with Crippen molar-refractivity contribution in [2.75, 3.05) is 12.8 Å². The molecule has 0 unspecified atom stereocenters. The number of nitrogen functional groups attached to an aromatic ring is 1. The van der Waals surface area contributed by atoms with Crippen molar-refractivity contribution >= 4 is 27.9 Å². The fraction of sp³-hybridized carbons (Fsp3) is 0.250. The Hall–Kier alpha value is -1.26. The second kappa shape index (κ2) is 4.55. The number of nitrogens with zero attached hydrogens (tertiary/aromatic N) is 1. The van der Waals surface area contributed by atoms with Gasteiger partial charge in [-0.2, -0.15) is 0 Å². The molecule has 0 amide bonds. The van der Waals surface area contributed by atoms with E-state index in [0.29, 0.717) is 5.02 Å². The van der Waals surface area contributed by atoms with Crippen LogP contribution in [0.2, 0.25) is 5.02 Å². The molecule has 90 valence electrons.